The van der Waals surface area contributed by atoms with Crippen molar-refractivity contribution in [2.75, 3.05) is 5.32 Å². The maximum Gasteiger partial charge on any atom is 0.247 e. The maximum absolute atomic E-state index is 12.1. The number of anilines is 1. The number of benzene rings is 5. The summed E-state index contributed by atoms with van der Waals surface area (Å²) in [5.74, 6) is -0.282. The predicted octanol–water partition coefficient (Wildman–Crippen LogP) is 8.61. The van der Waals surface area contributed by atoms with E-state index in [-0.39, 0.29) is 5.91 Å². The van der Waals surface area contributed by atoms with E-state index < -0.39 is 5.54 Å². The quantitative estimate of drug-likeness (QED) is 0.131. The van der Waals surface area contributed by atoms with Crippen LogP contribution in [0.15, 0.2) is 164 Å². The summed E-state index contributed by atoms with van der Waals surface area (Å²) in [6, 6.07) is 49.1. The van der Waals surface area contributed by atoms with E-state index in [1.165, 1.54) is 6.08 Å². The molecule has 0 bridgehead atoms. The Kier molecular flexibility index (Phi) is 7.19. The molecule has 0 spiro atoms. The van der Waals surface area contributed by atoms with Crippen molar-refractivity contribution in [3.8, 4) is 22.6 Å². The van der Waals surface area contributed by atoms with Crippen molar-refractivity contribution in [3.63, 3.8) is 0 Å². The summed E-state index contributed by atoms with van der Waals surface area (Å²) in [6.45, 7) is 3.57. The number of hydrogen-bond acceptors (Lipinski definition) is 4. The number of nitrogens with one attached hydrogen (secondary N) is 2. The molecule has 3 aromatic heterocycles. The highest BCUT2D eigenvalue weighted by Gasteiger charge is 2.42. The number of para-hydroxylation sites is 1. The second kappa shape index (κ2) is 12.0. The molecule has 1 amide bonds. The molecule has 7 heteroatoms. The van der Waals surface area contributed by atoms with Gasteiger partial charge in [-0.2, -0.15) is 5.10 Å². The van der Waals surface area contributed by atoms with Gasteiger partial charge in [-0.25, -0.2) is 14.6 Å². The fourth-order valence-electron chi connectivity index (χ4n) is 6.50. The van der Waals surface area contributed by atoms with Crippen molar-refractivity contribution in [3.05, 3.63) is 181 Å². The molecule has 0 saturated carbocycles. The first-order valence-corrected chi connectivity index (χ1v) is 15.7. The van der Waals surface area contributed by atoms with Crippen molar-refractivity contribution in [2.24, 2.45) is 0 Å². The molecule has 0 aliphatic heterocycles. The Balaban J connectivity index is 1.45. The molecule has 230 valence electrons. The topological polar surface area (TPSA) is 88.5 Å². The molecule has 48 heavy (non-hydrogen) atoms. The minimum Gasteiger partial charge on any atom is -0.353 e. The van der Waals surface area contributed by atoms with Crippen LogP contribution in [-0.2, 0) is 10.3 Å². The molecule has 7 nitrogen and oxygen atoms in total. The van der Waals surface area contributed by atoms with Crippen LogP contribution in [0.5, 0.6) is 0 Å². The Morgan fingerprint density at radius 2 is 1.38 bits per heavy atom. The number of carbonyl (C=O) groups is 1. The van der Waals surface area contributed by atoms with Gasteiger partial charge in [0, 0.05) is 22.2 Å². The molecule has 0 aliphatic rings. The average molecular weight is 623 g/mol. The van der Waals surface area contributed by atoms with E-state index in [1.54, 1.807) is 6.20 Å². The molecule has 0 atom stereocenters. The third-order valence-electron chi connectivity index (χ3n) is 8.67. The number of nitrogens with zero attached hydrogens (tertiary/aromatic N) is 4. The molecule has 0 aliphatic carbocycles. The van der Waals surface area contributed by atoms with Crippen LogP contribution in [-0.4, -0.2) is 30.6 Å². The lowest BCUT2D eigenvalue weighted by Crippen LogP contribution is -2.38. The number of H-pyrrole nitrogens is 1. The van der Waals surface area contributed by atoms with Crippen LogP contribution in [0.25, 0.3) is 44.7 Å². The number of carbonyl (C=O) groups excluding carboxylic acids is 1. The van der Waals surface area contributed by atoms with Crippen LogP contribution in [0.4, 0.5) is 5.69 Å². The summed E-state index contributed by atoms with van der Waals surface area (Å²) in [4.78, 5) is 26.0. The van der Waals surface area contributed by atoms with Crippen molar-refractivity contribution in [1.82, 2.24) is 24.7 Å². The molecule has 0 radical (unpaired) electrons. The molecular formula is C41H30N6O. The minimum atomic E-state index is -0.891. The molecular weight excluding hydrogens is 592 g/mol. The minimum absolute atomic E-state index is 0.282. The third-order valence-corrected chi connectivity index (χ3v) is 8.67. The van der Waals surface area contributed by atoms with Gasteiger partial charge in [0.2, 0.25) is 5.91 Å². The zero-order chi connectivity index (χ0) is 32.5. The fraction of sp³-hybridized carbons (Fsp3) is 0.0244. The van der Waals surface area contributed by atoms with Gasteiger partial charge in [-0.15, -0.1) is 0 Å². The van der Waals surface area contributed by atoms with E-state index in [0.717, 1.165) is 38.9 Å². The lowest BCUT2D eigenvalue weighted by atomic mass is 9.77. The maximum atomic E-state index is 12.1. The monoisotopic (exact) mass is 622 g/mol. The standard InChI is InChI=1S/C41H30N6O/c1-2-37(48)43-33-23-14-16-28(25-33)36-27-42-40-39(45-36)38(35-26-29-15-12-13-24-34(29)44-35)46-47(40)41(30-17-6-3-7-18-30,31-19-8-4-9-20-31)32-21-10-5-11-22-32/h2-27,44H,1H2,(H,43,48). The summed E-state index contributed by atoms with van der Waals surface area (Å²) in [7, 11) is 0. The van der Waals surface area contributed by atoms with Crippen molar-refractivity contribution < 1.29 is 4.79 Å². The van der Waals surface area contributed by atoms with Gasteiger partial charge in [0.25, 0.3) is 0 Å². The van der Waals surface area contributed by atoms with Gasteiger partial charge in [0.15, 0.2) is 5.65 Å². The number of aromatic amines is 1. The normalized spacial score (nSPS) is 11.5. The average Bonchev–Trinajstić information content (AvgIpc) is 3.75. The summed E-state index contributed by atoms with van der Waals surface area (Å²) in [6.07, 6.45) is 3.02. The van der Waals surface area contributed by atoms with E-state index in [1.807, 2.05) is 59.3 Å². The molecule has 8 rings (SSSR count). The molecule has 2 N–H and O–H groups in total. The van der Waals surface area contributed by atoms with Gasteiger partial charge in [-0.05, 0) is 47.0 Å². The van der Waals surface area contributed by atoms with Crippen LogP contribution >= 0.6 is 0 Å². The van der Waals surface area contributed by atoms with E-state index in [2.05, 4.69) is 108 Å². The van der Waals surface area contributed by atoms with E-state index in [9.17, 15) is 4.79 Å². The second-order valence-corrected chi connectivity index (χ2v) is 11.5. The molecule has 8 aromatic rings. The molecule has 0 saturated heterocycles. The van der Waals surface area contributed by atoms with Gasteiger partial charge in [-0.1, -0.05) is 128 Å². The van der Waals surface area contributed by atoms with Gasteiger partial charge in [0.1, 0.15) is 16.7 Å². The summed E-state index contributed by atoms with van der Waals surface area (Å²) < 4.78 is 2.03. The van der Waals surface area contributed by atoms with E-state index in [4.69, 9.17) is 15.1 Å². The Bertz CT molecular complexity index is 2280. The predicted molar refractivity (Wildman–Crippen MR) is 191 cm³/mol. The smallest absolute Gasteiger partial charge is 0.247 e. The fourth-order valence-corrected chi connectivity index (χ4v) is 6.50. The van der Waals surface area contributed by atoms with Gasteiger partial charge in [-0.3, -0.25) is 4.79 Å². The zero-order valence-electron chi connectivity index (χ0n) is 25.9. The van der Waals surface area contributed by atoms with Crippen molar-refractivity contribution in [2.45, 2.75) is 5.54 Å². The molecule has 0 fully saturated rings. The van der Waals surface area contributed by atoms with Gasteiger partial charge in [0.05, 0.1) is 17.6 Å². The first-order chi connectivity index (χ1) is 23.6. The van der Waals surface area contributed by atoms with Crippen molar-refractivity contribution >= 4 is 33.7 Å². The lowest BCUT2D eigenvalue weighted by Gasteiger charge is -2.36. The summed E-state index contributed by atoms with van der Waals surface area (Å²) >= 11 is 0. The van der Waals surface area contributed by atoms with Gasteiger partial charge < -0.3 is 10.3 Å². The van der Waals surface area contributed by atoms with E-state index >= 15 is 0 Å². The SMILES string of the molecule is C=CC(=O)Nc1cccc(-c2cnc3c(n2)c(-c2cc4ccccc4[nH]2)nn3C(c2ccccc2)(c2ccccc2)c2ccccc2)c1. The third kappa shape index (κ3) is 4.85. The van der Waals surface area contributed by atoms with Crippen LogP contribution < -0.4 is 5.32 Å². The first kappa shape index (κ1) is 28.8. The first-order valence-electron chi connectivity index (χ1n) is 15.7. The number of amides is 1. The Morgan fingerprint density at radius 3 is 2.00 bits per heavy atom. The Morgan fingerprint density at radius 1 is 0.750 bits per heavy atom. The second-order valence-electron chi connectivity index (χ2n) is 11.5. The summed E-state index contributed by atoms with van der Waals surface area (Å²) in [5.41, 5.74) is 8.10. The molecule has 3 heterocycles. The van der Waals surface area contributed by atoms with Crippen LogP contribution in [0.2, 0.25) is 0 Å². The molecule has 0 unspecified atom stereocenters. The number of rotatable bonds is 8. The molecule has 5 aromatic carbocycles. The highest BCUT2D eigenvalue weighted by molar-refractivity contribution is 5.99. The largest absolute Gasteiger partial charge is 0.353 e. The van der Waals surface area contributed by atoms with Crippen LogP contribution in [0, 0.1) is 0 Å². The Hall–Kier alpha value is -6.60. The van der Waals surface area contributed by atoms with Crippen molar-refractivity contribution in [1.29, 1.82) is 0 Å². The van der Waals surface area contributed by atoms with Crippen LogP contribution in [0.3, 0.4) is 0 Å². The highest BCUT2D eigenvalue weighted by Crippen LogP contribution is 2.43. The van der Waals surface area contributed by atoms with Crippen LogP contribution in [0.1, 0.15) is 16.7 Å². The highest BCUT2D eigenvalue weighted by atomic mass is 16.1. The van der Waals surface area contributed by atoms with E-state index in [0.29, 0.717) is 28.2 Å². The zero-order valence-corrected chi connectivity index (χ0v) is 25.9. The summed E-state index contributed by atoms with van der Waals surface area (Å²) in [5, 5.41) is 9.37. The lowest BCUT2D eigenvalue weighted by molar-refractivity contribution is -0.111. The Labute approximate surface area is 277 Å². The number of fused-ring (bicyclic) bond motifs is 2. The van der Waals surface area contributed by atoms with Gasteiger partial charge >= 0.3 is 0 Å². The number of aromatic nitrogens is 5. The number of hydrogen-bond donors (Lipinski definition) is 2.